The minimum Gasteiger partial charge on any atom is -0.356 e. The Labute approximate surface area is 104 Å². The van der Waals surface area contributed by atoms with E-state index in [2.05, 4.69) is 44.6 Å². The van der Waals surface area contributed by atoms with Crippen molar-refractivity contribution in [1.82, 2.24) is 9.97 Å². The quantitative estimate of drug-likeness (QED) is 0.795. The van der Waals surface area contributed by atoms with Gasteiger partial charge in [-0.25, -0.2) is 9.97 Å². The van der Waals surface area contributed by atoms with Crippen molar-refractivity contribution in [2.24, 2.45) is 0 Å². The van der Waals surface area contributed by atoms with Gasteiger partial charge in [0.1, 0.15) is 17.3 Å². The number of hydrogen-bond acceptors (Lipinski definition) is 3. The van der Waals surface area contributed by atoms with Gasteiger partial charge in [0.05, 0.1) is 4.47 Å². The second-order valence-electron chi connectivity index (χ2n) is 3.38. The van der Waals surface area contributed by atoms with Gasteiger partial charge in [-0.3, -0.25) is 0 Å². The van der Waals surface area contributed by atoms with E-state index in [0.717, 1.165) is 23.1 Å². The molecule has 1 aromatic rings. The van der Waals surface area contributed by atoms with E-state index in [9.17, 15) is 0 Å². The van der Waals surface area contributed by atoms with E-state index in [4.69, 9.17) is 11.6 Å². The number of rotatable bonds is 4. The maximum atomic E-state index is 5.92. The van der Waals surface area contributed by atoms with E-state index in [-0.39, 0.29) is 0 Å². The van der Waals surface area contributed by atoms with Crippen molar-refractivity contribution in [3.8, 4) is 0 Å². The van der Waals surface area contributed by atoms with Gasteiger partial charge in [-0.1, -0.05) is 25.4 Å². The molecule has 5 heteroatoms. The van der Waals surface area contributed by atoms with Gasteiger partial charge in [-0.05, 0) is 28.8 Å². The summed E-state index contributed by atoms with van der Waals surface area (Å²) in [6.07, 6.45) is 3.66. The Morgan fingerprint density at radius 3 is 2.53 bits per heavy atom. The lowest BCUT2D eigenvalue weighted by Gasteiger charge is -2.27. The summed E-state index contributed by atoms with van der Waals surface area (Å²) in [5.41, 5.74) is 0. The van der Waals surface area contributed by atoms with Crippen molar-refractivity contribution in [3.63, 3.8) is 0 Å². The summed E-state index contributed by atoms with van der Waals surface area (Å²) in [4.78, 5) is 10.3. The zero-order valence-corrected chi connectivity index (χ0v) is 11.5. The normalized spacial score (nSPS) is 10.8. The van der Waals surface area contributed by atoms with Crippen molar-refractivity contribution in [2.45, 2.75) is 32.7 Å². The van der Waals surface area contributed by atoms with Crippen LogP contribution in [0.15, 0.2) is 10.8 Å². The Morgan fingerprint density at radius 1 is 1.40 bits per heavy atom. The maximum Gasteiger partial charge on any atom is 0.148 e. The Morgan fingerprint density at radius 2 is 2.00 bits per heavy atom. The van der Waals surface area contributed by atoms with Gasteiger partial charge >= 0.3 is 0 Å². The SMILES string of the molecule is CCC(CC)N(C)c1ncnc(Cl)c1Br. The fraction of sp³-hybridized carbons (Fsp3) is 0.600. The molecule has 0 bridgehead atoms. The predicted molar refractivity (Wildman–Crippen MR) is 67.5 cm³/mol. The van der Waals surface area contributed by atoms with Gasteiger partial charge in [0, 0.05) is 13.1 Å². The Balaban J connectivity index is 2.99. The van der Waals surface area contributed by atoms with Crippen LogP contribution in [0, 0.1) is 0 Å². The average molecular weight is 293 g/mol. The van der Waals surface area contributed by atoms with Crippen LogP contribution in [0.2, 0.25) is 5.15 Å². The number of anilines is 1. The number of aromatic nitrogens is 2. The van der Waals surface area contributed by atoms with Crippen LogP contribution < -0.4 is 4.90 Å². The van der Waals surface area contributed by atoms with Crippen molar-refractivity contribution in [3.05, 3.63) is 16.0 Å². The van der Waals surface area contributed by atoms with Gasteiger partial charge < -0.3 is 4.90 Å². The lowest BCUT2D eigenvalue weighted by Crippen LogP contribution is -2.31. The van der Waals surface area contributed by atoms with E-state index in [0.29, 0.717) is 11.2 Å². The van der Waals surface area contributed by atoms with Crippen molar-refractivity contribution >= 4 is 33.3 Å². The smallest absolute Gasteiger partial charge is 0.148 e. The van der Waals surface area contributed by atoms with Gasteiger partial charge in [0.25, 0.3) is 0 Å². The first-order valence-corrected chi connectivity index (χ1v) is 6.17. The maximum absolute atomic E-state index is 5.92. The molecule has 3 nitrogen and oxygen atoms in total. The molecule has 0 amide bonds. The number of halogens is 2. The van der Waals surface area contributed by atoms with Gasteiger partial charge in [-0.15, -0.1) is 0 Å². The van der Waals surface area contributed by atoms with Crippen molar-refractivity contribution in [2.75, 3.05) is 11.9 Å². The van der Waals surface area contributed by atoms with E-state index in [1.165, 1.54) is 6.33 Å². The highest BCUT2D eigenvalue weighted by Gasteiger charge is 2.16. The number of nitrogens with zero attached hydrogens (tertiary/aromatic N) is 3. The monoisotopic (exact) mass is 291 g/mol. The second-order valence-corrected chi connectivity index (χ2v) is 4.53. The van der Waals surface area contributed by atoms with Crippen LogP contribution in [0.5, 0.6) is 0 Å². The van der Waals surface area contributed by atoms with E-state index < -0.39 is 0 Å². The molecule has 0 radical (unpaired) electrons. The predicted octanol–water partition coefficient (Wildman–Crippen LogP) is 3.52. The molecule has 0 saturated heterocycles. The van der Waals surface area contributed by atoms with Crippen LogP contribution in [0.25, 0.3) is 0 Å². The summed E-state index contributed by atoms with van der Waals surface area (Å²) in [6.45, 7) is 4.34. The highest BCUT2D eigenvalue weighted by Crippen LogP contribution is 2.30. The molecule has 0 spiro atoms. The summed E-state index contributed by atoms with van der Waals surface area (Å²) in [6, 6.07) is 0.479. The fourth-order valence-corrected chi connectivity index (χ4v) is 2.21. The molecule has 0 unspecified atom stereocenters. The third-order valence-electron chi connectivity index (χ3n) is 2.55. The van der Waals surface area contributed by atoms with Crippen molar-refractivity contribution < 1.29 is 0 Å². The molecule has 1 heterocycles. The molecule has 0 aliphatic rings. The molecule has 0 aliphatic heterocycles. The molecule has 0 aliphatic carbocycles. The average Bonchev–Trinajstić information content (AvgIpc) is 2.23. The Kier molecular flexibility index (Phi) is 4.80. The van der Waals surface area contributed by atoms with Crippen LogP contribution in [-0.2, 0) is 0 Å². The standard InChI is InChI=1S/C10H15BrClN3/c1-4-7(5-2)15(3)10-8(11)9(12)13-6-14-10/h6-7H,4-5H2,1-3H3. The number of hydrogen-bond donors (Lipinski definition) is 0. The van der Waals surface area contributed by atoms with Gasteiger partial charge in [0.2, 0.25) is 0 Å². The van der Waals surface area contributed by atoms with Crippen LogP contribution in [0.1, 0.15) is 26.7 Å². The molecule has 15 heavy (non-hydrogen) atoms. The van der Waals surface area contributed by atoms with Crippen molar-refractivity contribution in [1.29, 1.82) is 0 Å². The zero-order chi connectivity index (χ0) is 11.4. The summed E-state index contributed by atoms with van der Waals surface area (Å²) < 4.78 is 0.765. The first-order chi connectivity index (χ1) is 7.11. The highest BCUT2D eigenvalue weighted by molar-refractivity contribution is 9.10. The molecule has 1 rings (SSSR count). The Hall–Kier alpha value is -0.350. The molecule has 0 saturated carbocycles. The third kappa shape index (κ3) is 2.82. The van der Waals surface area contributed by atoms with Crippen LogP contribution in [-0.4, -0.2) is 23.1 Å². The minimum absolute atomic E-state index is 0.456. The first kappa shape index (κ1) is 12.7. The van der Waals surface area contributed by atoms with Crippen LogP contribution >= 0.6 is 27.5 Å². The van der Waals surface area contributed by atoms with E-state index >= 15 is 0 Å². The topological polar surface area (TPSA) is 29.0 Å². The van der Waals surface area contributed by atoms with Gasteiger partial charge in [-0.2, -0.15) is 0 Å². The molecule has 1 aromatic heterocycles. The summed E-state index contributed by atoms with van der Waals surface area (Å²) in [5.74, 6) is 0.851. The van der Waals surface area contributed by atoms with E-state index in [1.54, 1.807) is 0 Å². The Bertz CT molecular complexity index is 328. The molecule has 0 atom stereocenters. The minimum atomic E-state index is 0.456. The van der Waals surface area contributed by atoms with Gasteiger partial charge in [0.15, 0.2) is 0 Å². The second kappa shape index (κ2) is 5.66. The molecule has 0 aromatic carbocycles. The molecule has 0 fully saturated rings. The van der Waals surface area contributed by atoms with E-state index in [1.807, 2.05) is 7.05 Å². The summed E-state index contributed by atoms with van der Waals surface area (Å²) in [7, 11) is 2.03. The van der Waals surface area contributed by atoms with Crippen LogP contribution in [0.3, 0.4) is 0 Å². The van der Waals surface area contributed by atoms with Crippen LogP contribution in [0.4, 0.5) is 5.82 Å². The molecular formula is C10H15BrClN3. The summed E-state index contributed by atoms with van der Waals surface area (Å²) in [5, 5.41) is 0.456. The lowest BCUT2D eigenvalue weighted by atomic mass is 10.1. The molecular weight excluding hydrogens is 277 g/mol. The zero-order valence-electron chi connectivity index (χ0n) is 9.17. The molecule has 0 N–H and O–H groups in total. The first-order valence-electron chi connectivity index (χ1n) is 5.00. The lowest BCUT2D eigenvalue weighted by molar-refractivity contribution is 0.585. The summed E-state index contributed by atoms with van der Waals surface area (Å²) >= 11 is 9.33. The highest BCUT2D eigenvalue weighted by atomic mass is 79.9. The molecule has 84 valence electrons. The third-order valence-corrected chi connectivity index (χ3v) is 3.80. The fourth-order valence-electron chi connectivity index (χ4n) is 1.60. The largest absolute Gasteiger partial charge is 0.356 e.